The fraction of sp³-hybridized carbons (Fsp3) is 0.476. The Hall–Kier alpha value is -2.14. The molecule has 0 atom stereocenters. The van der Waals surface area contributed by atoms with Gasteiger partial charge in [-0.3, -0.25) is 14.3 Å². The number of anilines is 1. The number of sulfonamides is 1. The van der Waals surface area contributed by atoms with Crippen LogP contribution in [0.1, 0.15) is 60.4 Å². The first kappa shape index (κ1) is 25.5. The molecule has 0 saturated carbocycles. The first-order valence-corrected chi connectivity index (χ1v) is 13.0. The Labute approximate surface area is 203 Å². The monoisotopic (exact) mass is 515 g/mol. The highest BCUT2D eigenvalue weighted by atomic mass is 35.5. The number of benzene rings is 1. The highest BCUT2D eigenvalue weighted by molar-refractivity contribution is 7.89. The van der Waals surface area contributed by atoms with E-state index in [1.807, 2.05) is 13.8 Å². The number of nitrogens with zero attached hydrogens (tertiary/aromatic N) is 3. The number of rotatable bonds is 8. The zero-order chi connectivity index (χ0) is 24.2. The average molecular weight is 516 g/mol. The van der Waals surface area contributed by atoms with Crippen LogP contribution < -0.4 is 10.6 Å². The lowest BCUT2D eigenvalue weighted by atomic mass is 10.2. The molecule has 1 aromatic heterocycles. The van der Waals surface area contributed by atoms with Gasteiger partial charge in [0.25, 0.3) is 11.8 Å². The third-order valence-electron chi connectivity index (χ3n) is 5.28. The molecule has 0 bridgehead atoms. The Kier molecular flexibility index (Phi) is 8.38. The van der Waals surface area contributed by atoms with Crippen LogP contribution in [0.2, 0.25) is 10.0 Å². The van der Waals surface area contributed by atoms with Crippen molar-refractivity contribution in [3.63, 3.8) is 0 Å². The van der Waals surface area contributed by atoms with Crippen molar-refractivity contribution in [2.24, 2.45) is 0 Å². The van der Waals surface area contributed by atoms with Crippen LogP contribution in [0.3, 0.4) is 0 Å². The van der Waals surface area contributed by atoms with Crippen molar-refractivity contribution >= 4 is 50.7 Å². The van der Waals surface area contributed by atoms with E-state index >= 15 is 0 Å². The van der Waals surface area contributed by atoms with E-state index in [1.54, 1.807) is 0 Å². The molecule has 3 rings (SSSR count). The van der Waals surface area contributed by atoms with Gasteiger partial charge in [0, 0.05) is 32.4 Å². The summed E-state index contributed by atoms with van der Waals surface area (Å²) in [6, 6.07) is 2.43. The molecule has 1 aliphatic rings. The maximum atomic E-state index is 13.1. The van der Waals surface area contributed by atoms with Gasteiger partial charge in [0.2, 0.25) is 10.0 Å². The van der Waals surface area contributed by atoms with Crippen molar-refractivity contribution in [1.82, 2.24) is 19.4 Å². The normalized spacial score (nSPS) is 14.8. The number of piperidine rings is 1. The van der Waals surface area contributed by atoms with Gasteiger partial charge in [-0.1, -0.05) is 36.5 Å². The fourth-order valence-electron chi connectivity index (χ4n) is 3.50. The van der Waals surface area contributed by atoms with E-state index in [9.17, 15) is 18.0 Å². The molecule has 33 heavy (non-hydrogen) atoms. The Morgan fingerprint density at radius 2 is 1.76 bits per heavy atom. The first-order chi connectivity index (χ1) is 15.7. The standard InChI is InChI=1S/C21H27Cl2N5O4S/c1-3-8-24-21(30)19-17(13-27(4-2)26-19)25-20(29)14-11-18(16(23)12-15(14)22)33(31,32)28-9-6-5-7-10-28/h11-13H,3-10H2,1-2H3,(H,24,30)(H,25,29). The quantitative estimate of drug-likeness (QED) is 0.555. The third-order valence-corrected chi connectivity index (χ3v) is 7.96. The largest absolute Gasteiger partial charge is 0.351 e. The van der Waals surface area contributed by atoms with E-state index in [0.29, 0.717) is 26.2 Å². The van der Waals surface area contributed by atoms with Crippen molar-refractivity contribution in [2.45, 2.75) is 51.0 Å². The Balaban J connectivity index is 1.93. The molecule has 0 radical (unpaired) electrons. The number of hydrogen-bond donors (Lipinski definition) is 2. The van der Waals surface area contributed by atoms with Crippen molar-refractivity contribution in [2.75, 3.05) is 25.0 Å². The van der Waals surface area contributed by atoms with Crippen molar-refractivity contribution in [1.29, 1.82) is 0 Å². The number of aromatic nitrogens is 2. The summed E-state index contributed by atoms with van der Waals surface area (Å²) in [5.41, 5.74) is 0.188. The van der Waals surface area contributed by atoms with Crippen LogP contribution in [0.15, 0.2) is 23.2 Å². The second-order valence-corrected chi connectivity index (χ2v) is 10.4. The molecule has 12 heteroatoms. The van der Waals surface area contributed by atoms with Crippen molar-refractivity contribution < 1.29 is 18.0 Å². The third kappa shape index (κ3) is 5.68. The molecule has 1 fully saturated rings. The van der Waals surface area contributed by atoms with Gasteiger partial charge in [0.1, 0.15) is 4.90 Å². The van der Waals surface area contributed by atoms with E-state index in [1.165, 1.54) is 27.3 Å². The van der Waals surface area contributed by atoms with E-state index < -0.39 is 21.8 Å². The molecular weight excluding hydrogens is 489 g/mol. The maximum Gasteiger partial charge on any atom is 0.273 e. The average Bonchev–Trinajstić information content (AvgIpc) is 3.20. The molecule has 180 valence electrons. The Morgan fingerprint density at radius 1 is 1.06 bits per heavy atom. The predicted molar refractivity (Wildman–Crippen MR) is 128 cm³/mol. The summed E-state index contributed by atoms with van der Waals surface area (Å²) in [6.45, 7) is 5.52. The van der Waals surface area contributed by atoms with Gasteiger partial charge in [0.15, 0.2) is 5.69 Å². The molecule has 0 unspecified atom stereocenters. The van der Waals surface area contributed by atoms with Crippen LogP contribution in [0, 0.1) is 0 Å². The number of amides is 2. The molecule has 1 aliphatic heterocycles. The van der Waals surface area contributed by atoms with E-state index in [2.05, 4.69) is 15.7 Å². The van der Waals surface area contributed by atoms with Gasteiger partial charge >= 0.3 is 0 Å². The number of hydrogen-bond acceptors (Lipinski definition) is 5. The number of carbonyl (C=O) groups is 2. The van der Waals surface area contributed by atoms with Crippen LogP contribution >= 0.6 is 23.2 Å². The second kappa shape index (κ2) is 10.9. The maximum absolute atomic E-state index is 13.1. The Morgan fingerprint density at radius 3 is 2.39 bits per heavy atom. The lowest BCUT2D eigenvalue weighted by molar-refractivity contribution is 0.0948. The van der Waals surface area contributed by atoms with Crippen LogP contribution in [0.5, 0.6) is 0 Å². The summed E-state index contributed by atoms with van der Waals surface area (Å²) in [5, 5.41) is 9.52. The molecule has 2 amide bonds. The molecule has 1 aromatic carbocycles. The number of aryl methyl sites for hydroxylation is 1. The highest BCUT2D eigenvalue weighted by Gasteiger charge is 2.30. The lowest BCUT2D eigenvalue weighted by Gasteiger charge is -2.26. The zero-order valence-electron chi connectivity index (χ0n) is 18.5. The minimum Gasteiger partial charge on any atom is -0.351 e. The number of nitrogens with one attached hydrogen (secondary N) is 2. The fourth-order valence-corrected chi connectivity index (χ4v) is 5.85. The second-order valence-electron chi connectivity index (χ2n) is 7.68. The summed E-state index contributed by atoms with van der Waals surface area (Å²) in [6.07, 6.45) is 4.78. The SMILES string of the molecule is CCCNC(=O)c1nn(CC)cc1NC(=O)c1cc(S(=O)(=O)N2CCCCC2)c(Cl)cc1Cl. The summed E-state index contributed by atoms with van der Waals surface area (Å²) in [5.74, 6) is -1.10. The molecule has 9 nitrogen and oxygen atoms in total. The van der Waals surface area contributed by atoms with Gasteiger partial charge in [0.05, 0.1) is 21.3 Å². The zero-order valence-corrected chi connectivity index (χ0v) is 20.9. The van der Waals surface area contributed by atoms with Crippen LogP contribution in [0.4, 0.5) is 5.69 Å². The van der Waals surface area contributed by atoms with Crippen molar-refractivity contribution in [3.8, 4) is 0 Å². The summed E-state index contributed by atoms with van der Waals surface area (Å²) in [4.78, 5) is 25.4. The van der Waals surface area contributed by atoms with Gasteiger partial charge in [-0.15, -0.1) is 0 Å². The summed E-state index contributed by atoms with van der Waals surface area (Å²) < 4.78 is 29.2. The molecule has 0 spiro atoms. The van der Waals surface area contributed by atoms with Crippen molar-refractivity contribution in [3.05, 3.63) is 39.6 Å². The van der Waals surface area contributed by atoms with Gasteiger partial charge < -0.3 is 10.6 Å². The van der Waals surface area contributed by atoms with Gasteiger partial charge in [-0.2, -0.15) is 9.40 Å². The van der Waals surface area contributed by atoms with Crippen LogP contribution in [-0.2, 0) is 16.6 Å². The number of carbonyl (C=O) groups excluding carboxylic acids is 2. The molecular formula is C21H27Cl2N5O4S. The summed E-state index contributed by atoms with van der Waals surface area (Å²) in [7, 11) is -3.89. The van der Waals surface area contributed by atoms with Crippen LogP contribution in [0.25, 0.3) is 0 Å². The van der Waals surface area contributed by atoms with E-state index in [-0.39, 0.29) is 31.9 Å². The molecule has 0 aliphatic carbocycles. The van der Waals surface area contributed by atoms with Gasteiger partial charge in [-0.25, -0.2) is 8.42 Å². The number of halogens is 2. The smallest absolute Gasteiger partial charge is 0.273 e. The molecule has 2 heterocycles. The lowest BCUT2D eigenvalue weighted by Crippen LogP contribution is -2.35. The minimum absolute atomic E-state index is 0.00466. The minimum atomic E-state index is -3.89. The van der Waals surface area contributed by atoms with E-state index in [0.717, 1.165) is 25.7 Å². The topological polar surface area (TPSA) is 113 Å². The van der Waals surface area contributed by atoms with Crippen LogP contribution in [-0.4, -0.2) is 54.0 Å². The predicted octanol–water partition coefficient (Wildman–Crippen LogP) is 3.78. The summed E-state index contributed by atoms with van der Waals surface area (Å²) >= 11 is 12.5. The molecule has 1 saturated heterocycles. The Bertz CT molecular complexity index is 1140. The first-order valence-electron chi connectivity index (χ1n) is 10.8. The highest BCUT2D eigenvalue weighted by Crippen LogP contribution is 2.32. The molecule has 2 aromatic rings. The van der Waals surface area contributed by atoms with E-state index in [4.69, 9.17) is 23.2 Å². The molecule has 2 N–H and O–H groups in total. The van der Waals surface area contributed by atoms with Gasteiger partial charge in [-0.05, 0) is 38.3 Å².